The molecule has 0 fully saturated rings. The van der Waals surface area contributed by atoms with Gasteiger partial charge in [-0.3, -0.25) is 4.79 Å². The van der Waals surface area contributed by atoms with E-state index in [1.807, 2.05) is 24.3 Å². The van der Waals surface area contributed by atoms with Crippen molar-refractivity contribution < 1.29 is 14.4 Å². The second-order valence-electron chi connectivity index (χ2n) is 4.43. The highest BCUT2D eigenvalue weighted by atomic mass is 32.2. The smallest absolute Gasteiger partial charge is 0.316 e. The first-order valence-electron chi connectivity index (χ1n) is 6.02. The molecule has 0 bridgehead atoms. The number of aliphatic carboxylic acids is 1. The molecule has 106 valence electrons. The van der Waals surface area contributed by atoms with E-state index in [-0.39, 0.29) is 0 Å². The molecule has 0 aliphatic rings. The number of carboxylic acids is 1. The molecule has 20 heavy (non-hydrogen) atoms. The first kappa shape index (κ1) is 15.1. The van der Waals surface area contributed by atoms with Gasteiger partial charge in [0.25, 0.3) is 0 Å². The van der Waals surface area contributed by atoms with Crippen LogP contribution in [0.2, 0.25) is 0 Å². The van der Waals surface area contributed by atoms with Crippen LogP contribution in [0.5, 0.6) is 0 Å². The van der Waals surface area contributed by atoms with Gasteiger partial charge in [-0.1, -0.05) is 24.3 Å². The summed E-state index contributed by atoms with van der Waals surface area (Å²) >= 11 is 1.21. The number of rotatable bonds is 4. The van der Waals surface area contributed by atoms with E-state index in [0.29, 0.717) is 10.8 Å². The lowest BCUT2D eigenvalue weighted by atomic mass is 10.1. The van der Waals surface area contributed by atoms with E-state index < -0.39 is 11.2 Å². The molecule has 0 aliphatic carbocycles. The number of anilines is 1. The molecule has 0 spiro atoms. The van der Waals surface area contributed by atoms with E-state index in [0.717, 1.165) is 21.0 Å². The predicted molar refractivity (Wildman–Crippen MR) is 85.8 cm³/mol. The molecule has 2 aromatic carbocycles. The molecule has 0 aliphatic heterocycles. The van der Waals surface area contributed by atoms with E-state index >= 15 is 0 Å². The molecule has 0 amide bonds. The third kappa shape index (κ3) is 2.89. The molecule has 0 saturated heterocycles. The number of benzene rings is 2. The molecular weight excluding hydrogens is 296 g/mol. The number of carboxylic acid groups (broad SMARTS) is 1. The Bertz CT molecular complexity index is 663. The van der Waals surface area contributed by atoms with E-state index in [9.17, 15) is 9.28 Å². The molecule has 0 radical (unpaired) electrons. The Labute approximate surface area is 123 Å². The molecule has 0 heterocycles. The highest BCUT2D eigenvalue weighted by molar-refractivity contribution is 8.01. The van der Waals surface area contributed by atoms with Crippen molar-refractivity contribution in [1.82, 2.24) is 0 Å². The van der Waals surface area contributed by atoms with Gasteiger partial charge in [0.2, 0.25) is 0 Å². The number of fused-ring (bicyclic) bond motifs is 1. The number of hydrogen-bond acceptors (Lipinski definition) is 3. The van der Waals surface area contributed by atoms with E-state index in [1.165, 1.54) is 18.8 Å². The molecule has 1 N–H and O–H groups in total. The summed E-state index contributed by atoms with van der Waals surface area (Å²) in [5, 5.41) is 11.6. The largest absolute Gasteiger partial charge is 0.480 e. The van der Waals surface area contributed by atoms with Crippen molar-refractivity contribution in [3.05, 3.63) is 30.3 Å². The predicted octanol–water partition coefficient (Wildman–Crippen LogP) is 3.23. The summed E-state index contributed by atoms with van der Waals surface area (Å²) in [6.07, 6.45) is 0. The van der Waals surface area contributed by atoms with E-state index in [1.54, 1.807) is 13.0 Å². The second-order valence-corrected chi connectivity index (χ2v) is 6.39. The lowest BCUT2D eigenvalue weighted by molar-refractivity contribution is -0.136. The maximum absolute atomic E-state index is 13.7. The van der Waals surface area contributed by atoms with Gasteiger partial charge in [0.1, 0.15) is 5.25 Å². The lowest BCUT2D eigenvalue weighted by Gasteiger charge is -2.17. The molecule has 6 heteroatoms. The monoisotopic (exact) mass is 311 g/mol. The first-order valence-corrected chi connectivity index (χ1v) is 7.47. The Balaban J connectivity index is 2.61. The van der Waals surface area contributed by atoms with Crippen molar-refractivity contribution in [2.75, 3.05) is 12.2 Å². The average molecular weight is 311 g/mol. The van der Waals surface area contributed by atoms with Gasteiger partial charge in [-0.2, -0.15) is 0 Å². The van der Waals surface area contributed by atoms with Crippen LogP contribution in [0.25, 0.3) is 10.8 Å². The van der Waals surface area contributed by atoms with Gasteiger partial charge in [0.05, 0.1) is 5.69 Å². The second kappa shape index (κ2) is 5.98. The zero-order valence-electron chi connectivity index (χ0n) is 11.1. The van der Waals surface area contributed by atoms with Crippen LogP contribution in [0.3, 0.4) is 0 Å². The molecular formula is C14H15FNO2PS. The highest BCUT2D eigenvalue weighted by Gasteiger charge is 2.17. The molecule has 3 nitrogen and oxygen atoms in total. The van der Waals surface area contributed by atoms with Gasteiger partial charge < -0.3 is 5.11 Å². The van der Waals surface area contributed by atoms with Crippen molar-refractivity contribution in [2.45, 2.75) is 17.1 Å². The quantitative estimate of drug-likeness (QED) is 0.535. The normalized spacial score (nSPS) is 12.4. The summed E-state index contributed by atoms with van der Waals surface area (Å²) in [5.74, 6) is -0.886. The molecule has 2 unspecified atom stereocenters. The summed E-state index contributed by atoms with van der Waals surface area (Å²) in [5.41, 5.74) is 0.437. The Morgan fingerprint density at radius 3 is 2.55 bits per heavy atom. The third-order valence-corrected chi connectivity index (χ3v) is 4.99. The first-order chi connectivity index (χ1) is 9.41. The minimum atomic E-state index is -0.886. The summed E-state index contributed by atoms with van der Waals surface area (Å²) in [4.78, 5) is 11.7. The number of carbonyl (C=O) groups is 1. The summed E-state index contributed by atoms with van der Waals surface area (Å²) < 4.78 is 13.7. The molecule has 2 aromatic rings. The maximum atomic E-state index is 13.7. The SMILES string of the molecule is CC(Sc1cc(N(C)F)c2ccccc2c1P)C(=O)O. The fourth-order valence-corrected chi connectivity index (χ4v) is 3.38. The minimum absolute atomic E-state index is 0.437. The number of nitrogens with zero attached hydrogens (tertiary/aromatic N) is 1. The van der Waals surface area contributed by atoms with Gasteiger partial charge >= 0.3 is 5.97 Å². The minimum Gasteiger partial charge on any atom is -0.480 e. The zero-order chi connectivity index (χ0) is 14.9. The number of halogens is 1. The molecule has 0 aromatic heterocycles. The maximum Gasteiger partial charge on any atom is 0.316 e. The zero-order valence-corrected chi connectivity index (χ0v) is 13.1. The van der Waals surface area contributed by atoms with Gasteiger partial charge in [-0.25, -0.2) is 5.12 Å². The van der Waals surface area contributed by atoms with E-state index in [4.69, 9.17) is 5.11 Å². The van der Waals surface area contributed by atoms with Crippen LogP contribution in [0.4, 0.5) is 10.2 Å². The van der Waals surface area contributed by atoms with Crippen LogP contribution < -0.4 is 10.4 Å². The van der Waals surface area contributed by atoms with Gasteiger partial charge in [-0.05, 0) is 23.7 Å². The Morgan fingerprint density at radius 1 is 1.40 bits per heavy atom. The Morgan fingerprint density at radius 2 is 2.00 bits per heavy atom. The van der Waals surface area contributed by atoms with Gasteiger partial charge in [0, 0.05) is 17.3 Å². The van der Waals surface area contributed by atoms with E-state index in [2.05, 4.69) is 9.24 Å². The molecule has 2 rings (SSSR count). The van der Waals surface area contributed by atoms with Crippen molar-refractivity contribution in [3.63, 3.8) is 0 Å². The number of hydrogen-bond donors (Lipinski definition) is 1. The van der Waals surface area contributed by atoms with Crippen molar-refractivity contribution in [3.8, 4) is 0 Å². The molecule has 0 saturated carbocycles. The van der Waals surface area contributed by atoms with Crippen molar-refractivity contribution >= 4 is 48.7 Å². The lowest BCUT2D eigenvalue weighted by Crippen LogP contribution is -2.14. The third-order valence-electron chi connectivity index (χ3n) is 3.01. The van der Waals surface area contributed by atoms with Crippen LogP contribution in [-0.2, 0) is 4.79 Å². The average Bonchev–Trinajstić information content (AvgIpc) is 2.41. The van der Waals surface area contributed by atoms with Crippen LogP contribution in [0.15, 0.2) is 35.2 Å². The Kier molecular flexibility index (Phi) is 4.51. The summed E-state index contributed by atoms with van der Waals surface area (Å²) in [7, 11) is 3.96. The van der Waals surface area contributed by atoms with Crippen LogP contribution in [0.1, 0.15) is 6.92 Å². The fourth-order valence-electron chi connectivity index (χ4n) is 1.95. The summed E-state index contributed by atoms with van der Waals surface area (Å²) in [6.45, 7) is 1.62. The fraction of sp³-hybridized carbons (Fsp3) is 0.214. The number of thioether (sulfide) groups is 1. The van der Waals surface area contributed by atoms with Gasteiger partial charge in [-0.15, -0.1) is 25.5 Å². The van der Waals surface area contributed by atoms with Crippen LogP contribution in [-0.4, -0.2) is 23.4 Å². The van der Waals surface area contributed by atoms with Crippen LogP contribution >= 0.6 is 21.0 Å². The summed E-state index contributed by atoms with van der Waals surface area (Å²) in [6, 6.07) is 9.18. The topological polar surface area (TPSA) is 40.5 Å². The van der Waals surface area contributed by atoms with Crippen molar-refractivity contribution in [1.29, 1.82) is 0 Å². The van der Waals surface area contributed by atoms with Crippen LogP contribution in [0, 0.1) is 0 Å². The standard InChI is InChI=1S/C14H15FNO2PS/c1-8(14(17)18)20-12-7-11(16(2)15)9-5-3-4-6-10(9)13(12)19/h3-8H,19H2,1-2H3,(H,17,18). The highest BCUT2D eigenvalue weighted by Crippen LogP contribution is 2.34. The van der Waals surface area contributed by atoms with Gasteiger partial charge in [0.15, 0.2) is 0 Å². The van der Waals surface area contributed by atoms with Crippen molar-refractivity contribution in [2.24, 2.45) is 0 Å². The molecule has 2 atom stereocenters. The Hall–Kier alpha value is -1.32.